The number of esters is 1. The molecular weight excluding hydrogens is 579 g/mol. The van der Waals surface area contributed by atoms with Gasteiger partial charge in [-0.3, -0.25) is 0 Å². The molecule has 0 atom stereocenters. The number of hydrogen-bond acceptors (Lipinski definition) is 5. The van der Waals surface area contributed by atoms with E-state index in [9.17, 15) is 4.79 Å². The normalized spacial score (nSPS) is 12.9. The topological polar surface area (TPSA) is 35.5 Å². The van der Waals surface area contributed by atoms with Crippen molar-refractivity contribution in [3.63, 3.8) is 0 Å². The zero-order valence-corrected chi connectivity index (χ0v) is 24.9. The molecular formula is C33H26Cl2O3S2. The fraction of sp³-hybridized carbons (Fsp3) is 0.121. The third kappa shape index (κ3) is 6.79. The van der Waals surface area contributed by atoms with E-state index in [4.69, 9.17) is 32.7 Å². The van der Waals surface area contributed by atoms with Gasteiger partial charge < -0.3 is 9.47 Å². The Morgan fingerprint density at radius 1 is 0.675 bits per heavy atom. The van der Waals surface area contributed by atoms with Gasteiger partial charge in [-0.2, -0.15) is 0 Å². The minimum atomic E-state index is -0.433. The van der Waals surface area contributed by atoms with Gasteiger partial charge in [0.1, 0.15) is 5.75 Å². The van der Waals surface area contributed by atoms with Crippen LogP contribution in [0.15, 0.2) is 113 Å². The first-order chi connectivity index (χ1) is 19.5. The van der Waals surface area contributed by atoms with Gasteiger partial charge in [0.15, 0.2) is 5.76 Å². The number of rotatable bonds is 7. The van der Waals surface area contributed by atoms with Gasteiger partial charge in [-0.25, -0.2) is 4.79 Å². The van der Waals surface area contributed by atoms with Gasteiger partial charge >= 0.3 is 5.97 Å². The van der Waals surface area contributed by atoms with Crippen LogP contribution in [0.2, 0.25) is 10.0 Å². The number of benzene rings is 4. The second-order valence-corrected chi connectivity index (χ2v) is 12.3. The Balaban J connectivity index is 1.78. The molecule has 4 aromatic rings. The number of hydrogen-bond donors (Lipinski definition) is 0. The minimum Gasteiger partial charge on any atom is -0.497 e. The van der Waals surface area contributed by atoms with Crippen molar-refractivity contribution in [3.8, 4) is 5.75 Å². The summed E-state index contributed by atoms with van der Waals surface area (Å²) in [5.41, 5.74) is 4.99. The van der Waals surface area contributed by atoms with E-state index in [0.717, 1.165) is 50.0 Å². The predicted octanol–water partition coefficient (Wildman–Crippen LogP) is 9.86. The summed E-state index contributed by atoms with van der Waals surface area (Å²) in [4.78, 5) is 13.6. The molecule has 7 heteroatoms. The van der Waals surface area contributed by atoms with Crippen molar-refractivity contribution >= 4 is 63.8 Å². The number of halogens is 2. The molecule has 0 aromatic heterocycles. The second kappa shape index (κ2) is 13.5. The van der Waals surface area contributed by atoms with Crippen molar-refractivity contribution < 1.29 is 14.3 Å². The van der Waals surface area contributed by atoms with E-state index in [1.165, 1.54) is 0 Å². The van der Waals surface area contributed by atoms with E-state index in [1.54, 1.807) is 54.9 Å². The molecule has 0 amide bonds. The molecule has 1 aliphatic heterocycles. The Morgan fingerprint density at radius 3 is 1.73 bits per heavy atom. The van der Waals surface area contributed by atoms with Crippen LogP contribution < -0.4 is 4.74 Å². The number of ether oxygens (including phenoxy) is 2. The summed E-state index contributed by atoms with van der Waals surface area (Å²) in [6.07, 6.45) is 1.09. The Bertz CT molecular complexity index is 1470. The maximum Gasteiger partial charge on any atom is 0.343 e. The average molecular weight is 606 g/mol. The van der Waals surface area contributed by atoms with Crippen LogP contribution in [0.25, 0.3) is 11.1 Å². The van der Waals surface area contributed by atoms with E-state index in [-0.39, 0.29) is 0 Å². The highest BCUT2D eigenvalue weighted by molar-refractivity contribution is 8.22. The summed E-state index contributed by atoms with van der Waals surface area (Å²) < 4.78 is 12.6. The highest BCUT2D eigenvalue weighted by Gasteiger charge is 2.27. The van der Waals surface area contributed by atoms with Crippen molar-refractivity contribution in [2.75, 3.05) is 18.6 Å². The van der Waals surface area contributed by atoms with E-state index in [1.807, 2.05) is 78.9 Å². The van der Waals surface area contributed by atoms with Gasteiger partial charge in [0.05, 0.1) is 16.9 Å². The van der Waals surface area contributed by atoms with Gasteiger partial charge in [-0.1, -0.05) is 77.8 Å². The zero-order chi connectivity index (χ0) is 27.9. The number of carbonyl (C=O) groups is 1. The lowest BCUT2D eigenvalue weighted by Gasteiger charge is -2.24. The number of methoxy groups -OCH3 is 1. The van der Waals surface area contributed by atoms with Crippen molar-refractivity contribution in [3.05, 3.63) is 145 Å². The van der Waals surface area contributed by atoms with Crippen LogP contribution in [-0.4, -0.2) is 24.6 Å². The van der Waals surface area contributed by atoms with Crippen molar-refractivity contribution in [2.24, 2.45) is 0 Å². The SMILES string of the molecule is COc1ccc(C(=O)OC(=C2SCCCS2)C(=C(c2ccc(Cl)cc2)c2ccc(Cl)cc2)c2ccccc2)cc1. The van der Waals surface area contributed by atoms with E-state index in [2.05, 4.69) is 0 Å². The van der Waals surface area contributed by atoms with E-state index in [0.29, 0.717) is 27.1 Å². The highest BCUT2D eigenvalue weighted by Crippen LogP contribution is 2.46. The summed E-state index contributed by atoms with van der Waals surface area (Å²) in [6, 6.07) is 32.4. The van der Waals surface area contributed by atoms with Crippen molar-refractivity contribution in [1.29, 1.82) is 0 Å². The average Bonchev–Trinajstić information content (AvgIpc) is 3.01. The van der Waals surface area contributed by atoms with Crippen LogP contribution in [0.1, 0.15) is 33.5 Å². The molecule has 0 aliphatic carbocycles. The minimum absolute atomic E-state index is 0.433. The lowest BCUT2D eigenvalue weighted by Crippen LogP contribution is -2.11. The Hall–Kier alpha value is -3.09. The van der Waals surface area contributed by atoms with Crippen LogP contribution in [0.5, 0.6) is 5.75 Å². The lowest BCUT2D eigenvalue weighted by atomic mass is 9.88. The highest BCUT2D eigenvalue weighted by atomic mass is 35.5. The standard InChI is InChI=1S/C33H26Cl2O3S2/c1-37-28-18-12-25(13-19-28)32(36)38-31(33-39-20-5-21-40-33)30(22-6-3-2-4-7-22)29(23-8-14-26(34)15-9-23)24-10-16-27(35)17-11-24/h2-4,6-19H,5,20-21H2,1H3. The van der Waals surface area contributed by atoms with Gasteiger partial charge in [0.2, 0.25) is 0 Å². The second-order valence-electron chi connectivity index (χ2n) is 8.91. The fourth-order valence-corrected chi connectivity index (χ4v) is 7.08. The maximum atomic E-state index is 13.6. The molecule has 0 spiro atoms. The first-order valence-corrected chi connectivity index (χ1v) is 15.4. The summed E-state index contributed by atoms with van der Waals surface area (Å²) in [5.74, 6) is 2.68. The third-order valence-electron chi connectivity index (χ3n) is 6.27. The molecule has 3 nitrogen and oxygen atoms in total. The molecule has 0 N–H and O–H groups in total. The van der Waals surface area contributed by atoms with Crippen LogP contribution in [0.3, 0.4) is 0 Å². The first kappa shape index (κ1) is 28.4. The Labute approximate surface area is 253 Å². The lowest BCUT2D eigenvalue weighted by molar-refractivity contribution is 0.0641. The summed E-state index contributed by atoms with van der Waals surface area (Å²) in [5, 5.41) is 1.28. The number of allylic oxidation sites excluding steroid dienone is 1. The third-order valence-corrected chi connectivity index (χ3v) is 9.36. The molecule has 1 fully saturated rings. The summed E-state index contributed by atoms with van der Waals surface area (Å²) in [7, 11) is 1.60. The van der Waals surface area contributed by atoms with E-state index >= 15 is 0 Å². The monoisotopic (exact) mass is 604 g/mol. The number of thioether (sulfide) groups is 2. The van der Waals surface area contributed by atoms with Crippen LogP contribution in [0, 0.1) is 0 Å². The molecule has 40 heavy (non-hydrogen) atoms. The molecule has 0 radical (unpaired) electrons. The van der Waals surface area contributed by atoms with Crippen LogP contribution >= 0.6 is 46.7 Å². The predicted molar refractivity (Wildman–Crippen MR) is 170 cm³/mol. The molecule has 202 valence electrons. The van der Waals surface area contributed by atoms with Crippen LogP contribution in [-0.2, 0) is 4.74 Å². The van der Waals surface area contributed by atoms with Gasteiger partial charge in [0.25, 0.3) is 0 Å². The number of carbonyl (C=O) groups excluding carboxylic acids is 1. The molecule has 1 aliphatic rings. The fourth-order valence-electron chi connectivity index (χ4n) is 4.32. The van der Waals surface area contributed by atoms with Crippen LogP contribution in [0.4, 0.5) is 0 Å². The summed E-state index contributed by atoms with van der Waals surface area (Å²) in [6.45, 7) is 0. The Kier molecular flexibility index (Phi) is 9.61. The quantitative estimate of drug-likeness (QED) is 0.119. The largest absolute Gasteiger partial charge is 0.497 e. The molecule has 1 saturated heterocycles. The van der Waals surface area contributed by atoms with Gasteiger partial charge in [-0.15, -0.1) is 23.5 Å². The Morgan fingerprint density at radius 2 is 1.20 bits per heavy atom. The maximum absolute atomic E-state index is 13.6. The van der Waals surface area contributed by atoms with E-state index < -0.39 is 5.97 Å². The van der Waals surface area contributed by atoms with Gasteiger partial charge in [-0.05, 0) is 83.1 Å². The first-order valence-electron chi connectivity index (χ1n) is 12.7. The molecule has 0 bridgehead atoms. The smallest absolute Gasteiger partial charge is 0.343 e. The molecule has 0 unspecified atom stereocenters. The van der Waals surface area contributed by atoms with Crippen molar-refractivity contribution in [2.45, 2.75) is 6.42 Å². The van der Waals surface area contributed by atoms with Gasteiger partial charge in [0, 0.05) is 21.2 Å². The molecule has 0 saturated carbocycles. The summed E-state index contributed by atoms with van der Waals surface area (Å²) >= 11 is 16.0. The zero-order valence-electron chi connectivity index (χ0n) is 21.7. The van der Waals surface area contributed by atoms with Crippen molar-refractivity contribution in [1.82, 2.24) is 0 Å². The molecule has 1 heterocycles. The molecule has 4 aromatic carbocycles. The molecule has 5 rings (SSSR count).